The summed E-state index contributed by atoms with van der Waals surface area (Å²) in [5.41, 5.74) is 4.76. The molecule has 0 saturated carbocycles. The highest BCUT2D eigenvalue weighted by atomic mass is 16.1. The lowest BCUT2D eigenvalue weighted by Crippen LogP contribution is -2.23. The number of hydrogen-bond donors (Lipinski definition) is 1. The molecule has 1 amide bonds. The van der Waals surface area contributed by atoms with Crippen LogP contribution in [0.4, 0.5) is 5.69 Å². The fourth-order valence-electron chi connectivity index (χ4n) is 3.39. The fraction of sp³-hybridized carbons (Fsp3) is 0.571. The van der Waals surface area contributed by atoms with Gasteiger partial charge in [-0.3, -0.25) is 4.79 Å². The predicted molar refractivity (Wildman–Crippen MR) is 98.7 cm³/mol. The SMILES string of the molecule is CCCC/C1=C\C(C(=O)Nc2c(C)cccc2C)CCCCC1. The van der Waals surface area contributed by atoms with Crippen LogP contribution in [0.15, 0.2) is 29.8 Å². The van der Waals surface area contributed by atoms with E-state index >= 15 is 0 Å². The number of para-hydroxylation sites is 1. The summed E-state index contributed by atoms with van der Waals surface area (Å²) >= 11 is 0. The molecule has 1 aliphatic rings. The molecular formula is C21H31NO. The molecule has 0 aromatic heterocycles. The lowest BCUT2D eigenvalue weighted by atomic mass is 9.89. The Morgan fingerprint density at radius 2 is 1.91 bits per heavy atom. The van der Waals surface area contributed by atoms with Crippen molar-refractivity contribution in [1.82, 2.24) is 0 Å². The monoisotopic (exact) mass is 313 g/mol. The van der Waals surface area contributed by atoms with E-state index in [1.807, 2.05) is 6.07 Å². The minimum absolute atomic E-state index is 0.0289. The molecule has 0 spiro atoms. The average Bonchev–Trinajstić information content (AvgIpc) is 2.50. The molecule has 1 aromatic carbocycles. The predicted octanol–water partition coefficient (Wildman–Crippen LogP) is 5.94. The summed E-state index contributed by atoms with van der Waals surface area (Å²) in [6.07, 6.45) is 11.7. The van der Waals surface area contributed by atoms with E-state index in [2.05, 4.69) is 44.3 Å². The van der Waals surface area contributed by atoms with E-state index in [0.717, 1.165) is 36.1 Å². The number of amides is 1. The van der Waals surface area contributed by atoms with Gasteiger partial charge >= 0.3 is 0 Å². The Balaban J connectivity index is 2.13. The molecule has 23 heavy (non-hydrogen) atoms. The second-order valence-electron chi connectivity index (χ2n) is 6.89. The van der Waals surface area contributed by atoms with E-state index in [9.17, 15) is 4.79 Å². The first kappa shape index (κ1) is 17.8. The smallest absolute Gasteiger partial charge is 0.231 e. The first-order valence-electron chi connectivity index (χ1n) is 9.18. The second kappa shape index (κ2) is 8.90. The second-order valence-corrected chi connectivity index (χ2v) is 6.89. The van der Waals surface area contributed by atoms with Crippen LogP contribution in [0.3, 0.4) is 0 Å². The number of nitrogens with one attached hydrogen (secondary N) is 1. The zero-order valence-electron chi connectivity index (χ0n) is 15.0. The summed E-state index contributed by atoms with van der Waals surface area (Å²) in [4.78, 5) is 12.8. The van der Waals surface area contributed by atoms with E-state index in [-0.39, 0.29) is 11.8 Å². The molecule has 126 valence electrons. The summed E-state index contributed by atoms with van der Waals surface area (Å²) in [5.74, 6) is 0.194. The van der Waals surface area contributed by atoms with Gasteiger partial charge in [-0.2, -0.15) is 0 Å². The van der Waals surface area contributed by atoms with Gasteiger partial charge in [0, 0.05) is 5.69 Å². The van der Waals surface area contributed by atoms with Gasteiger partial charge < -0.3 is 5.32 Å². The Bertz CT molecular complexity index is 539. The number of carbonyl (C=O) groups is 1. The molecule has 0 radical (unpaired) electrons. The van der Waals surface area contributed by atoms with Crippen molar-refractivity contribution in [3.8, 4) is 0 Å². The quantitative estimate of drug-likeness (QED) is 0.670. The zero-order chi connectivity index (χ0) is 16.7. The van der Waals surface area contributed by atoms with Crippen LogP contribution < -0.4 is 5.32 Å². The van der Waals surface area contributed by atoms with Crippen molar-refractivity contribution in [2.75, 3.05) is 5.32 Å². The lowest BCUT2D eigenvalue weighted by molar-refractivity contribution is -0.118. The Hall–Kier alpha value is -1.57. The summed E-state index contributed by atoms with van der Waals surface area (Å²) in [6.45, 7) is 6.35. The van der Waals surface area contributed by atoms with E-state index in [1.54, 1.807) is 0 Å². The summed E-state index contributed by atoms with van der Waals surface area (Å²) in [6, 6.07) is 6.16. The van der Waals surface area contributed by atoms with Gasteiger partial charge in [-0.1, -0.05) is 56.0 Å². The topological polar surface area (TPSA) is 29.1 Å². The van der Waals surface area contributed by atoms with E-state index in [0.29, 0.717) is 0 Å². The lowest BCUT2D eigenvalue weighted by Gasteiger charge is -2.20. The fourth-order valence-corrected chi connectivity index (χ4v) is 3.39. The van der Waals surface area contributed by atoms with Crippen molar-refractivity contribution >= 4 is 11.6 Å². The van der Waals surface area contributed by atoms with Crippen LogP contribution in [-0.2, 0) is 4.79 Å². The number of hydrogen-bond acceptors (Lipinski definition) is 1. The molecule has 1 aliphatic carbocycles. The maximum absolute atomic E-state index is 12.8. The van der Waals surface area contributed by atoms with Gasteiger partial charge in [-0.25, -0.2) is 0 Å². The van der Waals surface area contributed by atoms with Crippen LogP contribution in [0.5, 0.6) is 0 Å². The van der Waals surface area contributed by atoms with E-state index in [1.165, 1.54) is 37.7 Å². The maximum Gasteiger partial charge on any atom is 0.231 e. The Morgan fingerprint density at radius 1 is 1.17 bits per heavy atom. The van der Waals surface area contributed by atoms with Crippen molar-refractivity contribution in [3.05, 3.63) is 41.0 Å². The van der Waals surface area contributed by atoms with Crippen LogP contribution in [0, 0.1) is 19.8 Å². The number of allylic oxidation sites excluding steroid dienone is 1. The van der Waals surface area contributed by atoms with Gasteiger partial charge in [-0.05, 0) is 57.1 Å². The van der Waals surface area contributed by atoms with Crippen molar-refractivity contribution < 1.29 is 4.79 Å². The molecule has 1 unspecified atom stereocenters. The van der Waals surface area contributed by atoms with Crippen molar-refractivity contribution in [2.45, 2.75) is 72.1 Å². The molecule has 0 aliphatic heterocycles. The van der Waals surface area contributed by atoms with Crippen LogP contribution in [0.25, 0.3) is 0 Å². The van der Waals surface area contributed by atoms with Gasteiger partial charge in [0.05, 0.1) is 5.92 Å². The van der Waals surface area contributed by atoms with Crippen LogP contribution in [-0.4, -0.2) is 5.91 Å². The zero-order valence-corrected chi connectivity index (χ0v) is 15.0. The standard InChI is InChI=1S/C21H31NO/c1-4-5-12-18-13-7-6-8-14-19(15-18)21(23)22-20-16(2)10-9-11-17(20)3/h9-11,15,19H,4-8,12-14H2,1-3H3,(H,22,23)/b18-15+. The highest BCUT2D eigenvalue weighted by Gasteiger charge is 2.19. The first-order chi connectivity index (χ1) is 11.1. The molecule has 0 saturated heterocycles. The average molecular weight is 313 g/mol. The van der Waals surface area contributed by atoms with Crippen LogP contribution in [0.2, 0.25) is 0 Å². The number of carbonyl (C=O) groups excluding carboxylic acids is 1. The normalized spacial score (nSPS) is 21.0. The molecule has 1 aromatic rings. The maximum atomic E-state index is 12.8. The van der Waals surface area contributed by atoms with Gasteiger partial charge in [0.15, 0.2) is 0 Å². The largest absolute Gasteiger partial charge is 0.325 e. The summed E-state index contributed by atoms with van der Waals surface area (Å²) in [5, 5.41) is 3.19. The van der Waals surface area contributed by atoms with E-state index in [4.69, 9.17) is 0 Å². The molecule has 0 bridgehead atoms. The third-order valence-electron chi connectivity index (χ3n) is 4.87. The molecule has 1 N–H and O–H groups in total. The minimum atomic E-state index is 0.0289. The van der Waals surface area contributed by atoms with Gasteiger partial charge in [0.1, 0.15) is 0 Å². The highest BCUT2D eigenvalue weighted by molar-refractivity contribution is 5.95. The van der Waals surface area contributed by atoms with Crippen LogP contribution in [0.1, 0.15) is 69.4 Å². The molecule has 2 heteroatoms. The highest BCUT2D eigenvalue weighted by Crippen LogP contribution is 2.27. The van der Waals surface area contributed by atoms with Crippen molar-refractivity contribution in [1.29, 1.82) is 0 Å². The Morgan fingerprint density at radius 3 is 2.61 bits per heavy atom. The number of rotatable bonds is 5. The molecule has 1 atom stereocenters. The Labute approximate surface area is 141 Å². The van der Waals surface area contributed by atoms with E-state index < -0.39 is 0 Å². The van der Waals surface area contributed by atoms with Gasteiger partial charge in [-0.15, -0.1) is 0 Å². The molecular weight excluding hydrogens is 282 g/mol. The first-order valence-corrected chi connectivity index (χ1v) is 9.18. The minimum Gasteiger partial charge on any atom is -0.325 e. The summed E-state index contributed by atoms with van der Waals surface area (Å²) in [7, 11) is 0. The van der Waals surface area contributed by atoms with Gasteiger partial charge in [0.25, 0.3) is 0 Å². The number of unbranched alkanes of at least 4 members (excludes halogenated alkanes) is 1. The summed E-state index contributed by atoms with van der Waals surface area (Å²) < 4.78 is 0. The third-order valence-corrected chi connectivity index (χ3v) is 4.87. The van der Waals surface area contributed by atoms with Crippen molar-refractivity contribution in [3.63, 3.8) is 0 Å². The number of aryl methyl sites for hydroxylation is 2. The molecule has 2 rings (SSSR count). The molecule has 0 heterocycles. The van der Waals surface area contributed by atoms with Gasteiger partial charge in [0.2, 0.25) is 5.91 Å². The third kappa shape index (κ3) is 5.23. The number of anilines is 1. The number of benzene rings is 1. The Kier molecular flexibility index (Phi) is 6.88. The molecule has 2 nitrogen and oxygen atoms in total. The van der Waals surface area contributed by atoms with Crippen molar-refractivity contribution in [2.24, 2.45) is 5.92 Å². The van der Waals surface area contributed by atoms with Crippen LogP contribution >= 0.6 is 0 Å². The molecule has 0 fully saturated rings.